The average Bonchev–Trinajstić information content (AvgIpc) is 2.61. The molecule has 2 rings (SSSR count). The van der Waals surface area contributed by atoms with Crippen molar-refractivity contribution in [3.05, 3.63) is 0 Å². The van der Waals surface area contributed by atoms with E-state index < -0.39 is 5.60 Å². The first-order valence-corrected chi connectivity index (χ1v) is 5.55. The van der Waals surface area contributed by atoms with Crippen LogP contribution in [0.4, 0.5) is 0 Å². The molecule has 0 N–H and O–H groups in total. The highest BCUT2D eigenvalue weighted by Crippen LogP contribution is 2.40. The first-order valence-electron chi connectivity index (χ1n) is 5.55. The lowest BCUT2D eigenvalue weighted by Crippen LogP contribution is -2.29. The zero-order valence-electron chi connectivity index (χ0n) is 8.91. The zero-order chi connectivity index (χ0) is 10.2. The van der Waals surface area contributed by atoms with Crippen LogP contribution in [0, 0.1) is 0 Å². The quantitative estimate of drug-likeness (QED) is 0.514. The molecule has 0 spiro atoms. The van der Waals surface area contributed by atoms with Crippen molar-refractivity contribution in [3.63, 3.8) is 0 Å². The lowest BCUT2D eigenvalue weighted by atomic mass is 10.1. The highest BCUT2D eigenvalue weighted by molar-refractivity contribution is 5.83. The van der Waals surface area contributed by atoms with Gasteiger partial charge in [0.2, 0.25) is 0 Å². The van der Waals surface area contributed by atoms with Crippen molar-refractivity contribution in [1.82, 2.24) is 0 Å². The van der Waals surface area contributed by atoms with Crippen LogP contribution in [0.1, 0.15) is 46.0 Å². The Labute approximate surface area is 84.8 Å². The van der Waals surface area contributed by atoms with Crippen LogP contribution in [0.25, 0.3) is 0 Å². The molecule has 3 nitrogen and oxygen atoms in total. The number of epoxide rings is 1. The molecule has 1 saturated carbocycles. The number of esters is 1. The van der Waals surface area contributed by atoms with Gasteiger partial charge < -0.3 is 9.47 Å². The molecule has 0 aromatic heterocycles. The molecule has 2 aliphatic rings. The van der Waals surface area contributed by atoms with Crippen LogP contribution in [-0.2, 0) is 14.3 Å². The third kappa shape index (κ3) is 1.65. The van der Waals surface area contributed by atoms with Gasteiger partial charge in [-0.2, -0.15) is 0 Å². The molecule has 14 heavy (non-hydrogen) atoms. The largest absolute Gasteiger partial charge is 0.460 e. The number of carbonyl (C=O) groups is 1. The van der Waals surface area contributed by atoms with E-state index in [1.54, 1.807) is 0 Å². The molecule has 0 aromatic carbocycles. The Kier molecular flexibility index (Phi) is 2.52. The van der Waals surface area contributed by atoms with Crippen molar-refractivity contribution < 1.29 is 14.3 Å². The van der Waals surface area contributed by atoms with Gasteiger partial charge >= 0.3 is 5.97 Å². The van der Waals surface area contributed by atoms with Gasteiger partial charge in [-0.05, 0) is 39.0 Å². The summed E-state index contributed by atoms with van der Waals surface area (Å²) in [5.74, 6) is -0.156. The van der Waals surface area contributed by atoms with Gasteiger partial charge in [0.15, 0.2) is 5.60 Å². The molecule has 2 atom stereocenters. The molecule has 80 valence electrons. The minimum absolute atomic E-state index is 0.0800. The number of hydrogen-bond acceptors (Lipinski definition) is 3. The van der Waals surface area contributed by atoms with E-state index in [1.165, 1.54) is 12.8 Å². The van der Waals surface area contributed by atoms with Gasteiger partial charge in [-0.3, -0.25) is 0 Å². The minimum Gasteiger partial charge on any atom is -0.460 e. The summed E-state index contributed by atoms with van der Waals surface area (Å²) in [7, 11) is 0. The molecule has 3 heteroatoms. The van der Waals surface area contributed by atoms with Crippen LogP contribution in [0.15, 0.2) is 0 Å². The summed E-state index contributed by atoms with van der Waals surface area (Å²) in [4.78, 5) is 11.7. The van der Waals surface area contributed by atoms with Gasteiger partial charge in [0.05, 0.1) is 6.10 Å². The Morgan fingerprint density at radius 2 is 2.14 bits per heavy atom. The van der Waals surface area contributed by atoms with E-state index >= 15 is 0 Å². The van der Waals surface area contributed by atoms with E-state index in [9.17, 15) is 4.79 Å². The second-order valence-electron chi connectivity index (χ2n) is 4.43. The van der Waals surface area contributed by atoms with Crippen LogP contribution >= 0.6 is 0 Å². The molecule has 1 saturated heterocycles. The van der Waals surface area contributed by atoms with Crippen molar-refractivity contribution >= 4 is 5.97 Å². The summed E-state index contributed by atoms with van der Waals surface area (Å²) in [6.45, 7) is 3.86. The molecule has 1 aliphatic heterocycles. The number of hydrogen-bond donors (Lipinski definition) is 0. The van der Waals surface area contributed by atoms with Crippen LogP contribution < -0.4 is 0 Å². The van der Waals surface area contributed by atoms with Gasteiger partial charge in [-0.25, -0.2) is 4.79 Å². The van der Waals surface area contributed by atoms with Crippen molar-refractivity contribution in [2.45, 2.75) is 63.8 Å². The first kappa shape index (κ1) is 9.97. The highest BCUT2D eigenvalue weighted by Gasteiger charge is 2.59. The van der Waals surface area contributed by atoms with Gasteiger partial charge in [0, 0.05) is 0 Å². The maximum atomic E-state index is 11.7. The van der Waals surface area contributed by atoms with Crippen molar-refractivity contribution in [1.29, 1.82) is 0 Å². The normalized spacial score (nSPS) is 37.1. The van der Waals surface area contributed by atoms with Crippen molar-refractivity contribution in [3.8, 4) is 0 Å². The Morgan fingerprint density at radius 3 is 2.64 bits per heavy atom. The zero-order valence-corrected chi connectivity index (χ0v) is 8.91. The number of carbonyl (C=O) groups excluding carboxylic acids is 1. The predicted molar refractivity (Wildman–Crippen MR) is 51.9 cm³/mol. The van der Waals surface area contributed by atoms with Gasteiger partial charge in [-0.1, -0.05) is 6.92 Å². The summed E-state index contributed by atoms with van der Waals surface area (Å²) in [6.07, 6.45) is 5.55. The Balaban J connectivity index is 1.84. The summed E-state index contributed by atoms with van der Waals surface area (Å²) in [6, 6.07) is 0. The average molecular weight is 198 g/mol. The maximum absolute atomic E-state index is 11.7. The van der Waals surface area contributed by atoms with E-state index in [0.717, 1.165) is 19.3 Å². The second-order valence-corrected chi connectivity index (χ2v) is 4.43. The lowest BCUT2D eigenvalue weighted by molar-refractivity contribution is -0.154. The number of ether oxygens (including phenoxy) is 2. The smallest absolute Gasteiger partial charge is 0.341 e. The molecule has 1 heterocycles. The standard InChI is InChI=1S/C11H18O3/c1-3-9-11(2,14-9)10(12)13-8-6-4-5-7-8/h8-9H,3-7H2,1-2H3. The molecule has 2 unspecified atom stereocenters. The Morgan fingerprint density at radius 1 is 1.50 bits per heavy atom. The fourth-order valence-electron chi connectivity index (χ4n) is 2.19. The fraction of sp³-hybridized carbons (Fsp3) is 0.909. The fourth-order valence-corrected chi connectivity index (χ4v) is 2.19. The molecule has 0 radical (unpaired) electrons. The topological polar surface area (TPSA) is 38.8 Å². The molecular formula is C11H18O3. The van der Waals surface area contributed by atoms with E-state index in [0.29, 0.717) is 0 Å². The minimum atomic E-state index is -0.628. The molecule has 1 aliphatic carbocycles. The maximum Gasteiger partial charge on any atom is 0.341 e. The van der Waals surface area contributed by atoms with Gasteiger partial charge in [0.1, 0.15) is 6.10 Å². The first-order chi connectivity index (χ1) is 6.66. The highest BCUT2D eigenvalue weighted by atomic mass is 16.7. The second kappa shape index (κ2) is 3.54. The van der Waals surface area contributed by atoms with Crippen LogP contribution in [0.5, 0.6) is 0 Å². The Bertz CT molecular complexity index is 233. The Hall–Kier alpha value is -0.570. The lowest BCUT2D eigenvalue weighted by Gasteiger charge is -2.13. The summed E-state index contributed by atoms with van der Waals surface area (Å²) in [5, 5.41) is 0. The van der Waals surface area contributed by atoms with Gasteiger partial charge in [0.25, 0.3) is 0 Å². The third-order valence-corrected chi connectivity index (χ3v) is 3.30. The van der Waals surface area contributed by atoms with E-state index in [-0.39, 0.29) is 18.2 Å². The summed E-state index contributed by atoms with van der Waals surface area (Å²) >= 11 is 0. The summed E-state index contributed by atoms with van der Waals surface area (Å²) in [5.41, 5.74) is -0.628. The molecule has 2 fully saturated rings. The molecular weight excluding hydrogens is 180 g/mol. The van der Waals surface area contributed by atoms with Crippen LogP contribution in [-0.4, -0.2) is 23.8 Å². The number of rotatable bonds is 3. The summed E-state index contributed by atoms with van der Waals surface area (Å²) < 4.78 is 10.8. The molecule has 0 bridgehead atoms. The third-order valence-electron chi connectivity index (χ3n) is 3.30. The van der Waals surface area contributed by atoms with E-state index in [1.807, 2.05) is 13.8 Å². The van der Waals surface area contributed by atoms with Crippen molar-refractivity contribution in [2.24, 2.45) is 0 Å². The monoisotopic (exact) mass is 198 g/mol. The van der Waals surface area contributed by atoms with Crippen LogP contribution in [0.3, 0.4) is 0 Å². The van der Waals surface area contributed by atoms with E-state index in [2.05, 4.69) is 0 Å². The van der Waals surface area contributed by atoms with E-state index in [4.69, 9.17) is 9.47 Å². The van der Waals surface area contributed by atoms with Crippen LogP contribution in [0.2, 0.25) is 0 Å². The molecule has 0 aromatic rings. The van der Waals surface area contributed by atoms with Crippen molar-refractivity contribution in [2.75, 3.05) is 0 Å². The molecule has 0 amide bonds. The van der Waals surface area contributed by atoms with Gasteiger partial charge in [-0.15, -0.1) is 0 Å². The SMILES string of the molecule is CCC1OC1(C)C(=O)OC1CCCC1. The predicted octanol–water partition coefficient (Wildman–Crippen LogP) is 2.04.